The number of carbonyl (C=O) groups excluding carboxylic acids is 3. The van der Waals surface area contributed by atoms with Crippen LogP contribution in [0.25, 0.3) is 0 Å². The van der Waals surface area contributed by atoms with Crippen molar-refractivity contribution in [3.8, 4) is 0 Å². The smallest absolute Gasteiger partial charge is 0.245 e. The highest BCUT2D eigenvalue weighted by molar-refractivity contribution is 5.90. The van der Waals surface area contributed by atoms with Gasteiger partial charge in [-0.15, -0.1) is 0 Å². The summed E-state index contributed by atoms with van der Waals surface area (Å²) in [5.74, 6) is -0.110. The number of hydrogen-bond acceptors (Lipinski definition) is 3. The lowest BCUT2D eigenvalue weighted by Gasteiger charge is -2.23. The fourth-order valence-corrected chi connectivity index (χ4v) is 2.50. The minimum Gasteiger partial charge on any atom is -0.342 e. The van der Waals surface area contributed by atoms with Crippen LogP contribution in [0.1, 0.15) is 39.0 Å². The minimum atomic E-state index is -0.121. The van der Waals surface area contributed by atoms with Crippen LogP contribution >= 0.6 is 0 Å². The molecule has 140 valence electrons. The van der Waals surface area contributed by atoms with Crippen molar-refractivity contribution in [2.24, 2.45) is 5.92 Å². The topological polar surface area (TPSA) is 57.7 Å². The average molecular weight is 348 g/mol. The van der Waals surface area contributed by atoms with Crippen LogP contribution in [0.3, 0.4) is 0 Å². The van der Waals surface area contributed by atoms with E-state index in [9.17, 15) is 14.4 Å². The lowest BCUT2D eigenvalue weighted by Crippen LogP contribution is -2.34. The molecule has 5 heteroatoms. The number of rotatable bonds is 14. The number of hydrogen-bond donors (Lipinski definition) is 0. The second-order valence-corrected chi connectivity index (χ2v) is 6.20. The molecule has 0 spiro atoms. The van der Waals surface area contributed by atoms with Crippen LogP contribution in [0.5, 0.6) is 0 Å². The highest BCUT2D eigenvalue weighted by Gasteiger charge is 2.12. The molecular weight excluding hydrogens is 316 g/mol. The molecule has 0 radical (unpaired) electrons. The molecule has 0 aromatic carbocycles. The van der Waals surface area contributed by atoms with Gasteiger partial charge in [-0.2, -0.15) is 0 Å². The van der Waals surface area contributed by atoms with E-state index in [2.05, 4.69) is 19.7 Å². The van der Waals surface area contributed by atoms with Crippen molar-refractivity contribution in [2.75, 3.05) is 26.7 Å². The van der Waals surface area contributed by atoms with Gasteiger partial charge in [-0.05, 0) is 37.5 Å². The Hall–Kier alpha value is -2.17. The van der Waals surface area contributed by atoms with Crippen molar-refractivity contribution in [3.63, 3.8) is 0 Å². The van der Waals surface area contributed by atoms with E-state index in [1.807, 2.05) is 6.92 Å². The van der Waals surface area contributed by atoms with Crippen molar-refractivity contribution in [1.29, 1.82) is 0 Å². The summed E-state index contributed by atoms with van der Waals surface area (Å²) in [6.07, 6.45) is 8.33. The Morgan fingerprint density at radius 1 is 0.840 bits per heavy atom. The van der Waals surface area contributed by atoms with E-state index in [0.29, 0.717) is 26.1 Å². The summed E-state index contributed by atoms with van der Waals surface area (Å²) in [6, 6.07) is 0. The van der Waals surface area contributed by atoms with Gasteiger partial charge >= 0.3 is 0 Å². The monoisotopic (exact) mass is 348 g/mol. The fraction of sp³-hybridized carbons (Fsp3) is 0.550. The molecule has 0 aromatic heterocycles. The van der Waals surface area contributed by atoms with Crippen LogP contribution in [0.2, 0.25) is 0 Å². The first-order valence-corrected chi connectivity index (χ1v) is 8.82. The number of allylic oxidation sites excluding steroid dienone is 1. The quantitative estimate of drug-likeness (QED) is 0.358. The molecule has 0 aliphatic carbocycles. The van der Waals surface area contributed by atoms with Crippen molar-refractivity contribution >= 4 is 17.6 Å². The number of likely N-dealkylation sites (N-methyl/N-ethyl adjacent to an activating group) is 1. The summed E-state index contributed by atoms with van der Waals surface area (Å²) in [6.45, 7) is 14.2. The second-order valence-electron chi connectivity index (χ2n) is 6.20. The van der Waals surface area contributed by atoms with Crippen LogP contribution in [0.4, 0.5) is 0 Å². The Balaban J connectivity index is 4.16. The molecule has 1 atom stereocenters. The van der Waals surface area contributed by atoms with Gasteiger partial charge in [0, 0.05) is 32.6 Å². The first kappa shape index (κ1) is 22.8. The van der Waals surface area contributed by atoms with Crippen LogP contribution in [0.15, 0.2) is 38.0 Å². The number of carbonyl (C=O) groups is 3. The van der Waals surface area contributed by atoms with Crippen molar-refractivity contribution < 1.29 is 14.4 Å². The molecule has 0 aromatic rings. The van der Waals surface area contributed by atoms with Crippen molar-refractivity contribution in [1.82, 2.24) is 9.80 Å². The first-order chi connectivity index (χ1) is 11.9. The molecule has 0 heterocycles. The Kier molecular flexibility index (Phi) is 12.0. The Labute approximate surface area is 152 Å². The molecule has 0 saturated carbocycles. The van der Waals surface area contributed by atoms with E-state index in [-0.39, 0.29) is 23.5 Å². The summed E-state index contributed by atoms with van der Waals surface area (Å²) >= 11 is 0. The van der Waals surface area contributed by atoms with E-state index in [0.717, 1.165) is 25.7 Å². The maximum absolute atomic E-state index is 11.9. The predicted molar refractivity (Wildman–Crippen MR) is 102 cm³/mol. The molecule has 0 aliphatic heterocycles. The van der Waals surface area contributed by atoms with Gasteiger partial charge in [0.25, 0.3) is 0 Å². The third-order valence-electron chi connectivity index (χ3n) is 4.21. The number of unbranched alkanes of at least 4 members (excludes halogenated alkanes) is 2. The highest BCUT2D eigenvalue weighted by atomic mass is 16.2. The number of ketones is 1. The Morgan fingerprint density at radius 2 is 1.44 bits per heavy atom. The van der Waals surface area contributed by atoms with Crippen LogP contribution < -0.4 is 0 Å². The standard InChI is InChI=1S/C20H32N2O3/c1-6-18(23)17(4)13-10-9-11-15-22(20(25)8-3)16-12-14-21(5)19(24)7-2/h6-8,17H,1-3,9-16H2,4-5H3. The van der Waals surface area contributed by atoms with E-state index >= 15 is 0 Å². The van der Waals surface area contributed by atoms with Gasteiger partial charge in [0.2, 0.25) is 11.8 Å². The van der Waals surface area contributed by atoms with Crippen LogP contribution in [-0.4, -0.2) is 54.1 Å². The number of nitrogens with zero attached hydrogens (tertiary/aromatic N) is 2. The van der Waals surface area contributed by atoms with E-state index in [4.69, 9.17) is 0 Å². The maximum Gasteiger partial charge on any atom is 0.245 e. The summed E-state index contributed by atoms with van der Waals surface area (Å²) in [5, 5.41) is 0. The zero-order chi connectivity index (χ0) is 19.2. The molecule has 0 N–H and O–H groups in total. The van der Waals surface area contributed by atoms with Gasteiger partial charge in [0.1, 0.15) is 0 Å². The van der Waals surface area contributed by atoms with E-state index < -0.39 is 0 Å². The Bertz CT molecular complexity index is 485. The number of amides is 2. The molecule has 1 unspecified atom stereocenters. The molecule has 0 rings (SSSR count). The van der Waals surface area contributed by atoms with Gasteiger partial charge in [-0.3, -0.25) is 14.4 Å². The summed E-state index contributed by atoms with van der Waals surface area (Å²) in [7, 11) is 1.72. The Morgan fingerprint density at radius 3 is 2.00 bits per heavy atom. The highest BCUT2D eigenvalue weighted by Crippen LogP contribution is 2.11. The lowest BCUT2D eigenvalue weighted by atomic mass is 9.99. The molecule has 0 fully saturated rings. The summed E-state index contributed by atoms with van der Waals surface area (Å²) < 4.78 is 0. The molecule has 0 saturated heterocycles. The summed E-state index contributed by atoms with van der Waals surface area (Å²) in [5.41, 5.74) is 0. The average Bonchev–Trinajstić information content (AvgIpc) is 2.63. The largest absolute Gasteiger partial charge is 0.342 e. The molecule has 5 nitrogen and oxygen atoms in total. The first-order valence-electron chi connectivity index (χ1n) is 8.82. The van der Waals surface area contributed by atoms with E-state index in [1.165, 1.54) is 18.2 Å². The zero-order valence-electron chi connectivity index (χ0n) is 15.7. The molecule has 2 amide bonds. The molecule has 25 heavy (non-hydrogen) atoms. The molecule has 0 bridgehead atoms. The van der Waals surface area contributed by atoms with Crippen molar-refractivity contribution in [3.05, 3.63) is 38.0 Å². The zero-order valence-corrected chi connectivity index (χ0v) is 15.7. The van der Waals surface area contributed by atoms with Crippen LogP contribution in [0, 0.1) is 5.92 Å². The van der Waals surface area contributed by atoms with Gasteiger partial charge in [-0.25, -0.2) is 0 Å². The molecular formula is C20H32N2O3. The second kappa shape index (κ2) is 13.2. The van der Waals surface area contributed by atoms with Gasteiger partial charge in [0.05, 0.1) is 0 Å². The molecule has 0 aliphatic rings. The predicted octanol–water partition coefficient (Wildman–Crippen LogP) is 2.99. The maximum atomic E-state index is 11.9. The minimum absolute atomic E-state index is 0.0151. The third-order valence-corrected chi connectivity index (χ3v) is 4.21. The summed E-state index contributed by atoms with van der Waals surface area (Å²) in [4.78, 5) is 38.1. The van der Waals surface area contributed by atoms with Crippen molar-refractivity contribution in [2.45, 2.75) is 39.0 Å². The van der Waals surface area contributed by atoms with E-state index in [1.54, 1.807) is 16.8 Å². The SMILES string of the molecule is C=CC(=O)C(C)CCCCCN(CCCN(C)C(=O)C=C)C(=O)C=C. The lowest BCUT2D eigenvalue weighted by molar-refractivity contribution is -0.126. The van der Waals surface area contributed by atoms with Crippen LogP contribution in [-0.2, 0) is 14.4 Å². The third kappa shape index (κ3) is 9.65. The van der Waals surface area contributed by atoms with Gasteiger partial charge in [0.15, 0.2) is 5.78 Å². The normalized spacial score (nSPS) is 11.3. The fourth-order valence-electron chi connectivity index (χ4n) is 2.50. The van der Waals surface area contributed by atoms with Gasteiger partial charge in [-0.1, -0.05) is 39.5 Å². The van der Waals surface area contributed by atoms with Gasteiger partial charge < -0.3 is 9.80 Å².